The van der Waals surface area contributed by atoms with Crippen molar-refractivity contribution in [3.8, 4) is 11.5 Å². The lowest BCUT2D eigenvalue weighted by Crippen LogP contribution is -2.33. The molecule has 0 N–H and O–H groups in total. The minimum atomic E-state index is 0.653. The number of hydrogen-bond donors (Lipinski definition) is 2. The first-order chi connectivity index (χ1) is 13.2. The summed E-state index contributed by atoms with van der Waals surface area (Å²) in [7, 11) is 0. The predicted octanol–water partition coefficient (Wildman–Crippen LogP) is 3.44. The Labute approximate surface area is 172 Å². The van der Waals surface area contributed by atoms with E-state index in [4.69, 9.17) is 9.47 Å². The molecule has 0 aromatic heterocycles. The van der Waals surface area contributed by atoms with E-state index < -0.39 is 0 Å². The first kappa shape index (κ1) is 19.0. The molecule has 0 atom stereocenters. The topological polar surface area (TPSA) is 24.9 Å². The predicted molar refractivity (Wildman–Crippen MR) is 115 cm³/mol. The van der Waals surface area contributed by atoms with Crippen LogP contribution in [0.3, 0.4) is 0 Å². The van der Waals surface area contributed by atoms with Crippen molar-refractivity contribution in [3.63, 3.8) is 0 Å². The summed E-state index contributed by atoms with van der Waals surface area (Å²) in [4.78, 5) is 4.57. The Morgan fingerprint density at radius 2 is 1.22 bits per heavy atom. The van der Waals surface area contributed by atoms with Crippen molar-refractivity contribution in [2.75, 3.05) is 38.1 Å². The van der Waals surface area contributed by atoms with E-state index >= 15 is 0 Å². The summed E-state index contributed by atoms with van der Waals surface area (Å²) in [6.45, 7) is 5.06. The zero-order valence-electron chi connectivity index (χ0n) is 15.4. The van der Waals surface area contributed by atoms with Gasteiger partial charge in [-0.15, -0.1) is 0 Å². The van der Waals surface area contributed by atoms with E-state index in [-0.39, 0.29) is 0 Å². The SMILES string of the molecule is SCCN1COc2ccc(Cc3ccc4c(c3)CN(CCS)CO4)cc2C1. The summed E-state index contributed by atoms with van der Waals surface area (Å²) in [6, 6.07) is 13.1. The highest BCUT2D eigenvalue weighted by Gasteiger charge is 2.19. The second-order valence-corrected chi connectivity index (χ2v) is 8.05. The molecule has 0 saturated heterocycles. The molecular formula is C21H26N2O2S2. The van der Waals surface area contributed by atoms with E-state index in [0.29, 0.717) is 13.5 Å². The highest BCUT2D eigenvalue weighted by atomic mass is 32.1. The zero-order chi connectivity index (χ0) is 18.6. The summed E-state index contributed by atoms with van der Waals surface area (Å²) in [6.07, 6.45) is 0.916. The van der Waals surface area contributed by atoms with Crippen molar-refractivity contribution in [1.29, 1.82) is 0 Å². The van der Waals surface area contributed by atoms with Crippen LogP contribution in [0.1, 0.15) is 22.3 Å². The molecule has 144 valence electrons. The van der Waals surface area contributed by atoms with Crippen LogP contribution in [-0.2, 0) is 19.5 Å². The minimum Gasteiger partial charge on any atom is -0.478 e. The van der Waals surface area contributed by atoms with Gasteiger partial charge >= 0.3 is 0 Å². The Bertz CT molecular complexity index is 734. The number of thiol groups is 2. The van der Waals surface area contributed by atoms with E-state index in [2.05, 4.69) is 71.5 Å². The third kappa shape index (κ3) is 4.57. The fourth-order valence-electron chi connectivity index (χ4n) is 3.71. The summed E-state index contributed by atoms with van der Waals surface area (Å²) < 4.78 is 11.7. The van der Waals surface area contributed by atoms with Gasteiger partial charge in [0.05, 0.1) is 0 Å². The Hall–Kier alpha value is -1.34. The second kappa shape index (κ2) is 8.78. The molecule has 0 radical (unpaired) electrons. The third-order valence-electron chi connectivity index (χ3n) is 5.08. The molecule has 0 amide bonds. The maximum Gasteiger partial charge on any atom is 0.142 e. The average Bonchev–Trinajstić information content (AvgIpc) is 2.68. The standard InChI is InChI=1S/C21H26N2O2S2/c26-7-5-22-12-18-10-16(1-3-20(18)24-14-22)9-17-2-4-21-19(11-17)13-23(6-8-27)15-25-21/h1-4,10-11,26-27H,5-9,12-15H2. The molecule has 2 aromatic carbocycles. The van der Waals surface area contributed by atoms with Gasteiger partial charge < -0.3 is 9.47 Å². The normalized spacial score (nSPS) is 17.0. The van der Waals surface area contributed by atoms with Crippen LogP contribution in [0, 0.1) is 0 Å². The number of ether oxygens (including phenoxy) is 2. The highest BCUT2D eigenvalue weighted by Crippen LogP contribution is 2.29. The van der Waals surface area contributed by atoms with Crippen LogP contribution < -0.4 is 9.47 Å². The molecule has 0 unspecified atom stereocenters. The van der Waals surface area contributed by atoms with Gasteiger partial charge in [0.2, 0.25) is 0 Å². The van der Waals surface area contributed by atoms with Gasteiger partial charge in [-0.1, -0.05) is 24.3 Å². The molecule has 2 aromatic rings. The van der Waals surface area contributed by atoms with Gasteiger partial charge in [-0.3, -0.25) is 9.80 Å². The fraction of sp³-hybridized carbons (Fsp3) is 0.429. The van der Waals surface area contributed by atoms with Gasteiger partial charge in [-0.05, 0) is 29.7 Å². The van der Waals surface area contributed by atoms with Gasteiger partial charge in [0.25, 0.3) is 0 Å². The van der Waals surface area contributed by atoms with Crippen LogP contribution in [0.25, 0.3) is 0 Å². The van der Waals surface area contributed by atoms with Crippen molar-refractivity contribution in [1.82, 2.24) is 9.80 Å². The first-order valence-corrected chi connectivity index (χ1v) is 10.7. The lowest BCUT2D eigenvalue weighted by Gasteiger charge is -2.29. The smallest absolute Gasteiger partial charge is 0.142 e. The van der Waals surface area contributed by atoms with Gasteiger partial charge in [-0.25, -0.2) is 0 Å². The molecule has 0 saturated carbocycles. The van der Waals surface area contributed by atoms with Crippen molar-refractivity contribution >= 4 is 25.3 Å². The zero-order valence-corrected chi connectivity index (χ0v) is 17.2. The van der Waals surface area contributed by atoms with E-state index in [9.17, 15) is 0 Å². The number of benzene rings is 2. The van der Waals surface area contributed by atoms with Gasteiger partial charge in [0, 0.05) is 48.8 Å². The molecule has 2 aliphatic heterocycles. The Morgan fingerprint density at radius 1 is 0.741 bits per heavy atom. The molecular weight excluding hydrogens is 376 g/mol. The maximum atomic E-state index is 5.87. The number of hydrogen-bond acceptors (Lipinski definition) is 6. The molecule has 2 heterocycles. The molecule has 6 heteroatoms. The average molecular weight is 403 g/mol. The number of nitrogens with zero attached hydrogens (tertiary/aromatic N) is 2. The molecule has 0 aliphatic carbocycles. The molecule has 27 heavy (non-hydrogen) atoms. The van der Waals surface area contributed by atoms with Crippen LogP contribution in [0.15, 0.2) is 36.4 Å². The van der Waals surface area contributed by atoms with Crippen LogP contribution >= 0.6 is 25.3 Å². The van der Waals surface area contributed by atoms with E-state index in [1.165, 1.54) is 22.3 Å². The largest absolute Gasteiger partial charge is 0.478 e. The summed E-state index contributed by atoms with van der Waals surface area (Å²) in [5, 5.41) is 0. The highest BCUT2D eigenvalue weighted by molar-refractivity contribution is 7.80. The quantitative estimate of drug-likeness (QED) is 0.723. The lowest BCUT2D eigenvalue weighted by molar-refractivity contribution is 0.102. The molecule has 0 spiro atoms. The summed E-state index contributed by atoms with van der Waals surface area (Å²) in [5.74, 6) is 3.71. The van der Waals surface area contributed by atoms with E-state index in [1.807, 2.05) is 0 Å². The van der Waals surface area contributed by atoms with Crippen LogP contribution in [0.2, 0.25) is 0 Å². The molecule has 4 rings (SSSR count). The maximum absolute atomic E-state index is 5.87. The van der Waals surface area contributed by atoms with Gasteiger partial charge in [0.15, 0.2) is 0 Å². The Kier molecular flexibility index (Phi) is 6.18. The van der Waals surface area contributed by atoms with Crippen LogP contribution in [0.5, 0.6) is 11.5 Å². The Balaban J connectivity index is 1.48. The van der Waals surface area contributed by atoms with Crippen molar-refractivity contribution in [3.05, 3.63) is 58.7 Å². The monoisotopic (exact) mass is 402 g/mol. The Morgan fingerprint density at radius 3 is 1.67 bits per heavy atom. The van der Waals surface area contributed by atoms with Gasteiger partial charge in [0.1, 0.15) is 25.0 Å². The lowest BCUT2D eigenvalue weighted by atomic mass is 9.99. The van der Waals surface area contributed by atoms with E-state index in [1.54, 1.807) is 0 Å². The van der Waals surface area contributed by atoms with Crippen molar-refractivity contribution in [2.45, 2.75) is 19.5 Å². The number of fused-ring (bicyclic) bond motifs is 2. The summed E-state index contributed by atoms with van der Waals surface area (Å²) >= 11 is 8.66. The first-order valence-electron chi connectivity index (χ1n) is 9.41. The van der Waals surface area contributed by atoms with Crippen molar-refractivity contribution in [2.24, 2.45) is 0 Å². The summed E-state index contributed by atoms with van der Waals surface area (Å²) in [5.41, 5.74) is 5.16. The molecule has 0 fully saturated rings. The molecule has 2 aliphatic rings. The van der Waals surface area contributed by atoms with Crippen LogP contribution in [-0.4, -0.2) is 47.9 Å². The fourth-order valence-corrected chi connectivity index (χ4v) is 4.28. The van der Waals surface area contributed by atoms with Crippen LogP contribution in [0.4, 0.5) is 0 Å². The molecule has 4 nitrogen and oxygen atoms in total. The minimum absolute atomic E-state index is 0.653. The third-order valence-corrected chi connectivity index (χ3v) is 5.48. The van der Waals surface area contributed by atoms with E-state index in [0.717, 1.165) is 55.6 Å². The molecule has 0 bridgehead atoms. The number of rotatable bonds is 6. The second-order valence-electron chi connectivity index (χ2n) is 7.16. The van der Waals surface area contributed by atoms with Gasteiger partial charge in [-0.2, -0.15) is 25.3 Å². The van der Waals surface area contributed by atoms with Crippen molar-refractivity contribution < 1.29 is 9.47 Å².